The monoisotopic (exact) mass is 285 g/mol. The van der Waals surface area contributed by atoms with Gasteiger partial charge in [-0.15, -0.1) is 0 Å². The lowest BCUT2D eigenvalue weighted by atomic mass is 10.0. The quantitative estimate of drug-likeness (QED) is 0.867. The van der Waals surface area contributed by atoms with Gasteiger partial charge in [-0.2, -0.15) is 0 Å². The van der Waals surface area contributed by atoms with Crippen molar-refractivity contribution in [1.82, 2.24) is 9.47 Å². The zero-order chi connectivity index (χ0) is 14.4. The van der Waals surface area contributed by atoms with E-state index in [1.54, 1.807) is 11.9 Å². The third-order valence-corrected chi connectivity index (χ3v) is 4.55. The summed E-state index contributed by atoms with van der Waals surface area (Å²) < 4.78 is 24.1. The van der Waals surface area contributed by atoms with Crippen LogP contribution in [0.25, 0.3) is 0 Å². The van der Waals surface area contributed by atoms with Gasteiger partial charge >= 0.3 is 0 Å². The van der Waals surface area contributed by atoms with E-state index in [0.717, 1.165) is 12.8 Å². The standard InChI is InChI=1S/C12H19N3O3S/c1-12(2)5-4-6-15(12)11(16)10-7-9(8-14(10)3)19(13,17)18/h7-8H,4-6H2,1-3H3,(H2,13,17,18). The summed E-state index contributed by atoms with van der Waals surface area (Å²) in [6.07, 6.45) is 3.28. The first-order chi connectivity index (χ1) is 8.63. The van der Waals surface area contributed by atoms with Gasteiger partial charge in [0.15, 0.2) is 0 Å². The lowest BCUT2D eigenvalue weighted by Crippen LogP contribution is -2.43. The van der Waals surface area contributed by atoms with Crippen molar-refractivity contribution in [1.29, 1.82) is 0 Å². The third-order valence-electron chi connectivity index (χ3n) is 3.67. The number of carbonyl (C=O) groups excluding carboxylic acids is 1. The Morgan fingerprint density at radius 2 is 2.05 bits per heavy atom. The van der Waals surface area contributed by atoms with Crippen LogP contribution < -0.4 is 5.14 Å². The van der Waals surface area contributed by atoms with E-state index in [0.29, 0.717) is 12.2 Å². The summed E-state index contributed by atoms with van der Waals surface area (Å²) in [5.74, 6) is -0.153. The molecular weight excluding hydrogens is 266 g/mol. The zero-order valence-electron chi connectivity index (χ0n) is 11.4. The Hall–Kier alpha value is -1.34. The van der Waals surface area contributed by atoms with Crippen LogP contribution >= 0.6 is 0 Å². The largest absolute Gasteiger partial charge is 0.345 e. The maximum atomic E-state index is 12.5. The molecule has 0 saturated carbocycles. The van der Waals surface area contributed by atoms with Gasteiger partial charge in [0.05, 0.1) is 0 Å². The van der Waals surface area contributed by atoms with Crippen molar-refractivity contribution in [3.63, 3.8) is 0 Å². The number of sulfonamides is 1. The van der Waals surface area contributed by atoms with Crippen LogP contribution in [0.1, 0.15) is 37.2 Å². The van der Waals surface area contributed by atoms with E-state index in [4.69, 9.17) is 5.14 Å². The Bertz CT molecular complexity index is 616. The number of hydrogen-bond donors (Lipinski definition) is 1. The molecule has 1 aliphatic heterocycles. The zero-order valence-corrected chi connectivity index (χ0v) is 12.2. The van der Waals surface area contributed by atoms with Crippen LogP contribution in [0, 0.1) is 0 Å². The highest BCUT2D eigenvalue weighted by atomic mass is 32.2. The first-order valence-corrected chi connectivity index (χ1v) is 7.69. The fraction of sp³-hybridized carbons (Fsp3) is 0.583. The molecule has 106 valence electrons. The summed E-state index contributed by atoms with van der Waals surface area (Å²) in [6, 6.07) is 1.34. The number of nitrogens with zero attached hydrogens (tertiary/aromatic N) is 2. The molecule has 7 heteroatoms. The van der Waals surface area contributed by atoms with Crippen LogP contribution in [-0.4, -0.2) is 35.9 Å². The molecule has 1 aliphatic rings. The molecule has 1 fully saturated rings. The number of amides is 1. The van der Waals surface area contributed by atoms with E-state index in [1.807, 2.05) is 13.8 Å². The van der Waals surface area contributed by atoms with Crippen LogP contribution in [0.15, 0.2) is 17.2 Å². The number of primary sulfonamides is 1. The lowest BCUT2D eigenvalue weighted by molar-refractivity contribution is 0.0642. The molecule has 0 bridgehead atoms. The molecule has 2 heterocycles. The molecule has 0 radical (unpaired) electrons. The average Bonchev–Trinajstić information content (AvgIpc) is 2.79. The van der Waals surface area contributed by atoms with Crippen LogP contribution in [0.2, 0.25) is 0 Å². The van der Waals surface area contributed by atoms with Crippen LogP contribution in [0.4, 0.5) is 0 Å². The maximum Gasteiger partial charge on any atom is 0.270 e. The highest BCUT2D eigenvalue weighted by Crippen LogP contribution is 2.30. The molecule has 1 aromatic rings. The molecule has 2 rings (SSSR count). The first kappa shape index (κ1) is 14.1. The van der Waals surface area contributed by atoms with Crippen molar-refractivity contribution in [3.05, 3.63) is 18.0 Å². The number of rotatable bonds is 2. The number of hydrogen-bond acceptors (Lipinski definition) is 3. The van der Waals surface area contributed by atoms with Gasteiger partial charge in [-0.25, -0.2) is 13.6 Å². The summed E-state index contributed by atoms with van der Waals surface area (Å²) in [5, 5.41) is 5.08. The van der Waals surface area contributed by atoms with Crippen molar-refractivity contribution in [3.8, 4) is 0 Å². The van der Waals surface area contributed by atoms with E-state index in [1.165, 1.54) is 16.8 Å². The second-order valence-electron chi connectivity index (χ2n) is 5.59. The van der Waals surface area contributed by atoms with Gasteiger partial charge in [-0.3, -0.25) is 4.79 Å². The third kappa shape index (κ3) is 2.52. The van der Waals surface area contributed by atoms with Crippen LogP contribution in [0.5, 0.6) is 0 Å². The molecule has 0 aliphatic carbocycles. The van der Waals surface area contributed by atoms with E-state index < -0.39 is 10.0 Å². The van der Waals surface area contributed by atoms with Crippen molar-refractivity contribution >= 4 is 15.9 Å². The molecule has 1 saturated heterocycles. The Labute approximate surface area is 113 Å². The highest BCUT2D eigenvalue weighted by Gasteiger charge is 2.36. The molecule has 1 amide bonds. The predicted molar refractivity (Wildman–Crippen MR) is 71.1 cm³/mol. The smallest absolute Gasteiger partial charge is 0.270 e. The number of carbonyl (C=O) groups is 1. The minimum atomic E-state index is -3.78. The van der Waals surface area contributed by atoms with Crippen molar-refractivity contribution < 1.29 is 13.2 Å². The minimum absolute atomic E-state index is 0.0321. The van der Waals surface area contributed by atoms with E-state index in [9.17, 15) is 13.2 Å². The Kier molecular flexibility index (Phi) is 3.22. The van der Waals surface area contributed by atoms with Gasteiger partial charge in [0.2, 0.25) is 10.0 Å². The average molecular weight is 285 g/mol. The van der Waals surface area contributed by atoms with E-state index in [2.05, 4.69) is 0 Å². The molecule has 0 atom stereocenters. The molecular formula is C12H19N3O3S. The second-order valence-corrected chi connectivity index (χ2v) is 7.15. The Morgan fingerprint density at radius 3 is 2.47 bits per heavy atom. The van der Waals surface area contributed by atoms with Crippen LogP contribution in [-0.2, 0) is 17.1 Å². The van der Waals surface area contributed by atoms with Gasteiger partial charge in [0.1, 0.15) is 10.6 Å². The summed E-state index contributed by atoms with van der Waals surface area (Å²) in [6.45, 7) is 4.73. The number of likely N-dealkylation sites (tertiary alicyclic amines) is 1. The van der Waals surface area contributed by atoms with Crippen molar-refractivity contribution in [2.45, 2.75) is 37.1 Å². The maximum absolute atomic E-state index is 12.5. The molecule has 0 unspecified atom stereocenters. The normalized spacial score (nSPS) is 18.8. The highest BCUT2D eigenvalue weighted by molar-refractivity contribution is 7.89. The van der Waals surface area contributed by atoms with Crippen molar-refractivity contribution in [2.24, 2.45) is 12.2 Å². The summed E-state index contributed by atoms with van der Waals surface area (Å²) in [4.78, 5) is 14.2. The molecule has 0 aromatic carbocycles. The molecule has 1 aromatic heterocycles. The van der Waals surface area contributed by atoms with E-state index >= 15 is 0 Å². The topological polar surface area (TPSA) is 85.4 Å². The summed E-state index contributed by atoms with van der Waals surface area (Å²) in [5.41, 5.74) is 0.155. The Morgan fingerprint density at radius 1 is 1.42 bits per heavy atom. The minimum Gasteiger partial charge on any atom is -0.345 e. The fourth-order valence-electron chi connectivity index (χ4n) is 2.52. The fourth-order valence-corrected chi connectivity index (χ4v) is 3.11. The number of nitrogens with two attached hydrogens (primary N) is 1. The van der Waals surface area contributed by atoms with Gasteiger partial charge in [0, 0.05) is 25.3 Å². The molecule has 0 spiro atoms. The van der Waals surface area contributed by atoms with Crippen molar-refractivity contribution in [2.75, 3.05) is 6.54 Å². The molecule has 2 N–H and O–H groups in total. The number of aromatic nitrogens is 1. The van der Waals surface area contributed by atoms with Crippen LogP contribution in [0.3, 0.4) is 0 Å². The summed E-state index contributed by atoms with van der Waals surface area (Å²) in [7, 11) is -2.14. The summed E-state index contributed by atoms with van der Waals surface area (Å²) >= 11 is 0. The lowest BCUT2D eigenvalue weighted by Gasteiger charge is -2.31. The first-order valence-electron chi connectivity index (χ1n) is 6.14. The predicted octanol–water partition coefficient (Wildman–Crippen LogP) is 0.687. The molecule has 6 nitrogen and oxygen atoms in total. The van der Waals surface area contributed by atoms with Gasteiger partial charge in [-0.05, 0) is 32.8 Å². The van der Waals surface area contributed by atoms with E-state index in [-0.39, 0.29) is 16.3 Å². The Balaban J connectivity index is 2.38. The SMILES string of the molecule is Cn1cc(S(N)(=O)=O)cc1C(=O)N1CCCC1(C)C. The molecule has 19 heavy (non-hydrogen) atoms. The van der Waals surface area contributed by atoms with Gasteiger partial charge in [-0.1, -0.05) is 0 Å². The van der Waals surface area contributed by atoms with Gasteiger partial charge < -0.3 is 9.47 Å². The second kappa shape index (κ2) is 4.35. The van der Waals surface area contributed by atoms with Gasteiger partial charge in [0.25, 0.3) is 5.91 Å². The number of aryl methyl sites for hydroxylation is 1.